The summed E-state index contributed by atoms with van der Waals surface area (Å²) in [7, 11) is -3.94. The second-order valence-corrected chi connectivity index (χ2v) is 6.89. The van der Waals surface area contributed by atoms with Crippen LogP contribution >= 0.6 is 0 Å². The molecule has 0 bridgehead atoms. The second-order valence-electron chi connectivity index (χ2n) is 5.20. The minimum absolute atomic E-state index is 0.365. The van der Waals surface area contributed by atoms with Crippen LogP contribution in [0.1, 0.15) is 18.5 Å². The van der Waals surface area contributed by atoms with Gasteiger partial charge in [0.25, 0.3) is 0 Å². The molecule has 2 aromatic carbocycles. The van der Waals surface area contributed by atoms with E-state index in [1.165, 1.54) is 24.5 Å². The van der Waals surface area contributed by atoms with Crippen molar-refractivity contribution in [3.63, 3.8) is 0 Å². The fourth-order valence-corrected chi connectivity index (χ4v) is 3.60. The van der Waals surface area contributed by atoms with Crippen molar-refractivity contribution in [2.24, 2.45) is 0 Å². The number of halogens is 1. The highest BCUT2D eigenvalue weighted by Crippen LogP contribution is 2.20. The predicted molar refractivity (Wildman–Crippen MR) is 86.5 cm³/mol. The van der Waals surface area contributed by atoms with Gasteiger partial charge in [0, 0.05) is 6.04 Å². The summed E-state index contributed by atoms with van der Waals surface area (Å²) in [5, 5.41) is 4.02. The second kappa shape index (κ2) is 6.50. The van der Waals surface area contributed by atoms with Crippen molar-refractivity contribution in [3.8, 4) is 5.69 Å². The lowest BCUT2D eigenvalue weighted by molar-refractivity contribution is 0.547. The van der Waals surface area contributed by atoms with Gasteiger partial charge in [-0.25, -0.2) is 27.2 Å². The van der Waals surface area contributed by atoms with Crippen molar-refractivity contribution in [3.05, 3.63) is 72.6 Å². The zero-order valence-electron chi connectivity index (χ0n) is 12.8. The van der Waals surface area contributed by atoms with E-state index in [4.69, 9.17) is 0 Å². The van der Waals surface area contributed by atoms with E-state index in [0.717, 1.165) is 17.3 Å². The van der Waals surface area contributed by atoms with Crippen LogP contribution in [0.3, 0.4) is 0 Å². The lowest BCUT2D eigenvalue weighted by Gasteiger charge is -2.15. The van der Waals surface area contributed by atoms with Crippen LogP contribution in [0.2, 0.25) is 0 Å². The average molecular weight is 346 g/mol. The molecule has 0 saturated carbocycles. The summed E-state index contributed by atoms with van der Waals surface area (Å²) in [6.07, 6.45) is 3.00. The van der Waals surface area contributed by atoms with Crippen LogP contribution in [0.4, 0.5) is 4.39 Å². The molecular weight excluding hydrogens is 331 g/mol. The minimum Gasteiger partial charge on any atom is -0.223 e. The molecule has 6 nitrogen and oxygen atoms in total. The number of nitrogens with one attached hydrogen (secondary N) is 1. The van der Waals surface area contributed by atoms with Crippen LogP contribution in [0, 0.1) is 5.82 Å². The van der Waals surface area contributed by atoms with Gasteiger partial charge in [0.2, 0.25) is 10.0 Å². The van der Waals surface area contributed by atoms with Crippen molar-refractivity contribution >= 4 is 10.0 Å². The molecule has 0 amide bonds. The molecule has 3 rings (SSSR count). The highest BCUT2D eigenvalue weighted by atomic mass is 32.2. The summed E-state index contributed by atoms with van der Waals surface area (Å²) in [6, 6.07) is 11.9. The Kier molecular flexibility index (Phi) is 4.41. The van der Waals surface area contributed by atoms with E-state index in [2.05, 4.69) is 14.8 Å². The van der Waals surface area contributed by atoms with Crippen molar-refractivity contribution in [1.29, 1.82) is 0 Å². The smallest absolute Gasteiger partial charge is 0.223 e. The van der Waals surface area contributed by atoms with Crippen molar-refractivity contribution in [2.45, 2.75) is 17.9 Å². The molecule has 0 saturated heterocycles. The van der Waals surface area contributed by atoms with Gasteiger partial charge in [-0.3, -0.25) is 0 Å². The first kappa shape index (κ1) is 16.3. The van der Waals surface area contributed by atoms with Crippen molar-refractivity contribution in [2.75, 3.05) is 0 Å². The van der Waals surface area contributed by atoms with Gasteiger partial charge in [-0.15, -0.1) is 0 Å². The number of sulfonamides is 1. The lowest BCUT2D eigenvalue weighted by atomic mass is 10.1. The van der Waals surface area contributed by atoms with E-state index in [1.54, 1.807) is 42.2 Å². The summed E-state index contributed by atoms with van der Waals surface area (Å²) < 4.78 is 42.4. The molecule has 1 atom stereocenters. The van der Waals surface area contributed by atoms with Crippen LogP contribution < -0.4 is 4.72 Å². The highest BCUT2D eigenvalue weighted by Gasteiger charge is 2.21. The van der Waals surface area contributed by atoms with Crippen LogP contribution in [0.25, 0.3) is 5.69 Å². The molecule has 8 heteroatoms. The third-order valence-electron chi connectivity index (χ3n) is 3.53. The minimum atomic E-state index is -3.94. The first-order valence-corrected chi connectivity index (χ1v) is 8.67. The summed E-state index contributed by atoms with van der Waals surface area (Å²) >= 11 is 0. The van der Waals surface area contributed by atoms with Gasteiger partial charge >= 0.3 is 0 Å². The molecule has 0 aliphatic heterocycles. The molecule has 0 radical (unpaired) electrons. The summed E-state index contributed by atoms with van der Waals surface area (Å²) in [5.74, 6) is -0.779. The van der Waals surface area contributed by atoms with Gasteiger partial charge in [0.1, 0.15) is 23.4 Å². The molecule has 0 fully saturated rings. The van der Waals surface area contributed by atoms with Gasteiger partial charge in [0.05, 0.1) is 5.69 Å². The molecule has 0 aliphatic carbocycles. The van der Waals surface area contributed by atoms with Crippen molar-refractivity contribution in [1.82, 2.24) is 19.5 Å². The Morgan fingerprint density at radius 3 is 2.46 bits per heavy atom. The van der Waals surface area contributed by atoms with E-state index in [9.17, 15) is 12.8 Å². The van der Waals surface area contributed by atoms with E-state index >= 15 is 0 Å². The molecule has 0 spiro atoms. The fourth-order valence-electron chi connectivity index (χ4n) is 2.28. The number of rotatable bonds is 5. The fraction of sp³-hybridized carbons (Fsp3) is 0.125. The quantitative estimate of drug-likeness (QED) is 0.770. The molecule has 1 N–H and O–H groups in total. The Morgan fingerprint density at radius 1 is 1.12 bits per heavy atom. The van der Waals surface area contributed by atoms with Gasteiger partial charge in [0.15, 0.2) is 0 Å². The molecule has 0 aliphatic rings. The molecule has 1 aromatic heterocycles. The Hall–Kier alpha value is -2.58. The average Bonchev–Trinajstić information content (AvgIpc) is 3.09. The van der Waals surface area contributed by atoms with Gasteiger partial charge in [-0.2, -0.15) is 5.10 Å². The first-order chi connectivity index (χ1) is 11.5. The van der Waals surface area contributed by atoms with Crippen LogP contribution in [0.5, 0.6) is 0 Å². The molecule has 1 heterocycles. The Bertz CT molecular complexity index is 925. The molecule has 3 aromatic rings. The summed E-state index contributed by atoms with van der Waals surface area (Å²) in [4.78, 5) is 3.51. The van der Waals surface area contributed by atoms with Crippen molar-refractivity contribution < 1.29 is 12.8 Å². The van der Waals surface area contributed by atoms with Crippen LogP contribution in [0.15, 0.2) is 66.1 Å². The highest BCUT2D eigenvalue weighted by molar-refractivity contribution is 7.89. The zero-order valence-corrected chi connectivity index (χ0v) is 13.6. The number of hydrogen-bond acceptors (Lipinski definition) is 4. The van der Waals surface area contributed by atoms with E-state index in [0.29, 0.717) is 0 Å². The normalized spacial score (nSPS) is 12.9. The molecular formula is C16H15FN4O2S. The maximum atomic E-state index is 13.7. The summed E-state index contributed by atoms with van der Waals surface area (Å²) in [5.41, 5.74) is 1.55. The Balaban J connectivity index is 1.80. The summed E-state index contributed by atoms with van der Waals surface area (Å²) in [6.45, 7) is 1.70. The van der Waals surface area contributed by atoms with Gasteiger partial charge in [-0.1, -0.05) is 24.3 Å². The molecule has 124 valence electrons. The van der Waals surface area contributed by atoms with Crippen LogP contribution in [-0.4, -0.2) is 23.2 Å². The van der Waals surface area contributed by atoms with Gasteiger partial charge in [-0.05, 0) is 36.8 Å². The van der Waals surface area contributed by atoms with Crippen LogP contribution in [-0.2, 0) is 10.0 Å². The Labute approximate surface area is 139 Å². The maximum Gasteiger partial charge on any atom is 0.244 e. The third kappa shape index (κ3) is 3.34. The predicted octanol–water partition coefficient (Wildman–Crippen LogP) is 2.45. The standard InChI is InChI=1S/C16H15FN4O2S/c1-12(20-24(22,23)16-5-3-2-4-15(16)17)13-6-8-14(9-7-13)21-11-18-10-19-21/h2-12,20H,1H3/t12-/m0/s1. The maximum absolute atomic E-state index is 13.7. The van der Waals surface area contributed by atoms with E-state index in [-0.39, 0.29) is 4.90 Å². The number of hydrogen-bond donors (Lipinski definition) is 1. The number of nitrogens with zero attached hydrogens (tertiary/aromatic N) is 3. The topological polar surface area (TPSA) is 76.9 Å². The largest absolute Gasteiger partial charge is 0.244 e. The molecule has 0 unspecified atom stereocenters. The third-order valence-corrected chi connectivity index (χ3v) is 5.11. The number of aromatic nitrogens is 3. The van der Waals surface area contributed by atoms with E-state index in [1.807, 2.05) is 0 Å². The molecule has 24 heavy (non-hydrogen) atoms. The van der Waals surface area contributed by atoms with Gasteiger partial charge < -0.3 is 0 Å². The monoisotopic (exact) mass is 346 g/mol. The number of benzene rings is 2. The zero-order chi connectivity index (χ0) is 17.2. The Morgan fingerprint density at radius 2 is 1.83 bits per heavy atom. The lowest BCUT2D eigenvalue weighted by Crippen LogP contribution is -2.27. The SMILES string of the molecule is C[C@H](NS(=O)(=O)c1ccccc1F)c1ccc(-n2cncn2)cc1. The first-order valence-electron chi connectivity index (χ1n) is 7.19. The van der Waals surface area contributed by atoms with E-state index < -0.39 is 21.9 Å².